The lowest BCUT2D eigenvalue weighted by Crippen LogP contribution is -2.23. The van der Waals surface area contributed by atoms with Gasteiger partial charge in [-0.2, -0.15) is 0 Å². The Hall–Kier alpha value is -2.21. The number of ether oxygens (including phenoxy) is 1. The van der Waals surface area contributed by atoms with Crippen LogP contribution in [-0.2, 0) is 11.3 Å². The molecule has 0 aliphatic rings. The molecular formula is C15H13BrN2O3. The van der Waals surface area contributed by atoms with Crippen molar-refractivity contribution < 1.29 is 14.3 Å². The third-order valence-corrected chi connectivity index (χ3v) is 3.48. The zero-order chi connectivity index (χ0) is 15.2. The van der Waals surface area contributed by atoms with Crippen molar-refractivity contribution in [2.75, 3.05) is 7.11 Å². The van der Waals surface area contributed by atoms with Crippen LogP contribution >= 0.6 is 15.9 Å². The maximum Gasteiger partial charge on any atom is 0.337 e. The number of pyridine rings is 1. The summed E-state index contributed by atoms with van der Waals surface area (Å²) in [5.41, 5.74) is 1.89. The number of methoxy groups -OCH3 is 1. The van der Waals surface area contributed by atoms with Gasteiger partial charge in [0.1, 0.15) is 0 Å². The van der Waals surface area contributed by atoms with Gasteiger partial charge in [0, 0.05) is 23.4 Å². The number of carbonyl (C=O) groups excluding carboxylic acids is 2. The van der Waals surface area contributed by atoms with Crippen molar-refractivity contribution in [3.05, 3.63) is 63.9 Å². The van der Waals surface area contributed by atoms with Crippen molar-refractivity contribution in [1.29, 1.82) is 0 Å². The molecule has 0 aliphatic heterocycles. The van der Waals surface area contributed by atoms with E-state index in [-0.39, 0.29) is 11.9 Å². The van der Waals surface area contributed by atoms with Gasteiger partial charge in [-0.3, -0.25) is 9.78 Å². The van der Waals surface area contributed by atoms with Gasteiger partial charge in [-0.05, 0) is 39.7 Å². The van der Waals surface area contributed by atoms with Crippen LogP contribution in [0, 0.1) is 0 Å². The summed E-state index contributed by atoms with van der Waals surface area (Å²) in [7, 11) is 1.34. The van der Waals surface area contributed by atoms with Crippen molar-refractivity contribution in [1.82, 2.24) is 10.3 Å². The topological polar surface area (TPSA) is 68.3 Å². The molecule has 5 nitrogen and oxygen atoms in total. The van der Waals surface area contributed by atoms with E-state index in [1.807, 2.05) is 0 Å². The summed E-state index contributed by atoms with van der Waals surface area (Å²) in [6.45, 7) is 0.370. The highest BCUT2D eigenvalue weighted by Gasteiger charge is 2.09. The second-order valence-electron chi connectivity index (χ2n) is 4.23. The number of hydrogen-bond acceptors (Lipinski definition) is 4. The summed E-state index contributed by atoms with van der Waals surface area (Å²) < 4.78 is 5.27. The molecule has 0 spiro atoms. The Morgan fingerprint density at radius 3 is 2.57 bits per heavy atom. The molecule has 1 amide bonds. The molecule has 108 valence electrons. The van der Waals surface area contributed by atoms with E-state index in [1.165, 1.54) is 7.11 Å². The van der Waals surface area contributed by atoms with Crippen LogP contribution in [0.15, 0.2) is 47.2 Å². The highest BCUT2D eigenvalue weighted by molar-refractivity contribution is 9.10. The van der Waals surface area contributed by atoms with Crippen molar-refractivity contribution in [2.24, 2.45) is 0 Å². The van der Waals surface area contributed by atoms with Crippen LogP contribution in [0.5, 0.6) is 0 Å². The van der Waals surface area contributed by atoms with Crippen LogP contribution in [0.25, 0.3) is 0 Å². The Morgan fingerprint density at radius 2 is 1.95 bits per heavy atom. The van der Waals surface area contributed by atoms with E-state index in [4.69, 9.17) is 0 Å². The maximum atomic E-state index is 12.0. The SMILES string of the molecule is COC(=O)c1ccc(CNC(=O)c2ccncc2Br)cc1. The number of hydrogen-bond donors (Lipinski definition) is 1. The molecule has 0 saturated carbocycles. The van der Waals surface area contributed by atoms with E-state index in [1.54, 1.807) is 42.7 Å². The molecule has 0 radical (unpaired) electrons. The van der Waals surface area contributed by atoms with Crippen LogP contribution in [0.4, 0.5) is 0 Å². The largest absolute Gasteiger partial charge is 0.465 e. The Morgan fingerprint density at radius 1 is 1.24 bits per heavy atom. The molecule has 1 heterocycles. The van der Waals surface area contributed by atoms with Gasteiger partial charge in [0.05, 0.1) is 18.2 Å². The van der Waals surface area contributed by atoms with Gasteiger partial charge in [-0.1, -0.05) is 12.1 Å². The van der Waals surface area contributed by atoms with Crippen LogP contribution in [0.3, 0.4) is 0 Å². The standard InChI is InChI=1S/C15H13BrN2O3/c1-21-15(20)11-4-2-10(3-5-11)8-18-14(19)12-6-7-17-9-13(12)16/h2-7,9H,8H2,1H3,(H,18,19). The summed E-state index contributed by atoms with van der Waals surface area (Å²) in [6.07, 6.45) is 3.13. The van der Waals surface area contributed by atoms with Gasteiger partial charge in [-0.25, -0.2) is 4.79 Å². The number of amides is 1. The van der Waals surface area contributed by atoms with E-state index >= 15 is 0 Å². The number of nitrogens with zero attached hydrogens (tertiary/aromatic N) is 1. The first-order valence-electron chi connectivity index (χ1n) is 6.17. The molecule has 2 aromatic rings. The average molecular weight is 349 g/mol. The van der Waals surface area contributed by atoms with Crippen molar-refractivity contribution >= 4 is 27.8 Å². The third-order valence-electron chi connectivity index (χ3n) is 2.85. The number of rotatable bonds is 4. The van der Waals surface area contributed by atoms with Gasteiger partial charge < -0.3 is 10.1 Å². The van der Waals surface area contributed by atoms with Gasteiger partial charge in [0.2, 0.25) is 0 Å². The Kier molecular flexibility index (Phi) is 5.05. The van der Waals surface area contributed by atoms with E-state index in [0.717, 1.165) is 5.56 Å². The first kappa shape index (κ1) is 15.2. The molecule has 0 fully saturated rings. The number of halogens is 1. The first-order chi connectivity index (χ1) is 10.1. The summed E-state index contributed by atoms with van der Waals surface area (Å²) in [6, 6.07) is 8.51. The van der Waals surface area contributed by atoms with Crippen molar-refractivity contribution in [2.45, 2.75) is 6.54 Å². The van der Waals surface area contributed by atoms with E-state index in [0.29, 0.717) is 22.1 Å². The average Bonchev–Trinajstić information content (AvgIpc) is 2.52. The second-order valence-corrected chi connectivity index (χ2v) is 5.08. The molecule has 6 heteroatoms. The monoisotopic (exact) mass is 348 g/mol. The number of aromatic nitrogens is 1. The van der Waals surface area contributed by atoms with Gasteiger partial charge >= 0.3 is 5.97 Å². The molecule has 0 bridgehead atoms. The molecule has 0 atom stereocenters. The van der Waals surface area contributed by atoms with Crippen molar-refractivity contribution in [3.63, 3.8) is 0 Å². The molecule has 0 saturated heterocycles. The fourth-order valence-electron chi connectivity index (χ4n) is 1.71. The second kappa shape index (κ2) is 6.99. The van der Waals surface area contributed by atoms with Crippen LogP contribution in [0.2, 0.25) is 0 Å². The highest BCUT2D eigenvalue weighted by atomic mass is 79.9. The molecule has 1 aromatic heterocycles. The fourth-order valence-corrected chi connectivity index (χ4v) is 2.14. The van der Waals surface area contributed by atoms with Gasteiger partial charge in [-0.15, -0.1) is 0 Å². The number of nitrogens with one attached hydrogen (secondary N) is 1. The van der Waals surface area contributed by atoms with E-state index in [9.17, 15) is 9.59 Å². The number of carbonyl (C=O) groups is 2. The number of benzene rings is 1. The summed E-state index contributed by atoms with van der Waals surface area (Å²) in [4.78, 5) is 27.2. The van der Waals surface area contributed by atoms with Crippen LogP contribution in [0.1, 0.15) is 26.3 Å². The predicted molar refractivity (Wildman–Crippen MR) is 80.9 cm³/mol. The lowest BCUT2D eigenvalue weighted by molar-refractivity contribution is 0.0600. The van der Waals surface area contributed by atoms with Gasteiger partial charge in [0.25, 0.3) is 5.91 Å². The Bertz CT molecular complexity index is 656. The molecular weight excluding hydrogens is 336 g/mol. The van der Waals surface area contributed by atoms with Crippen molar-refractivity contribution in [3.8, 4) is 0 Å². The Balaban J connectivity index is 1.99. The zero-order valence-corrected chi connectivity index (χ0v) is 12.9. The minimum absolute atomic E-state index is 0.193. The van der Waals surface area contributed by atoms with Crippen LogP contribution < -0.4 is 5.32 Å². The predicted octanol–water partition coefficient (Wildman–Crippen LogP) is 2.56. The third kappa shape index (κ3) is 3.88. The fraction of sp³-hybridized carbons (Fsp3) is 0.133. The molecule has 0 unspecified atom stereocenters. The normalized spacial score (nSPS) is 10.0. The zero-order valence-electron chi connectivity index (χ0n) is 11.3. The molecule has 2 rings (SSSR count). The minimum atomic E-state index is -0.383. The quantitative estimate of drug-likeness (QED) is 0.862. The van der Waals surface area contributed by atoms with E-state index < -0.39 is 0 Å². The molecule has 1 aromatic carbocycles. The molecule has 0 aliphatic carbocycles. The van der Waals surface area contributed by atoms with Gasteiger partial charge in [0.15, 0.2) is 0 Å². The lowest BCUT2D eigenvalue weighted by Gasteiger charge is -2.07. The Labute approximate surface area is 130 Å². The molecule has 21 heavy (non-hydrogen) atoms. The summed E-state index contributed by atoms with van der Waals surface area (Å²) in [5.74, 6) is -0.576. The first-order valence-corrected chi connectivity index (χ1v) is 6.96. The minimum Gasteiger partial charge on any atom is -0.465 e. The maximum absolute atomic E-state index is 12.0. The smallest absolute Gasteiger partial charge is 0.337 e. The van der Waals surface area contributed by atoms with E-state index in [2.05, 4.69) is 31.0 Å². The summed E-state index contributed by atoms with van der Waals surface area (Å²) >= 11 is 3.28. The molecule has 1 N–H and O–H groups in total. The number of esters is 1. The summed E-state index contributed by atoms with van der Waals surface area (Å²) in [5, 5.41) is 2.81. The van der Waals surface area contributed by atoms with Crippen LogP contribution in [-0.4, -0.2) is 24.0 Å². The lowest BCUT2D eigenvalue weighted by atomic mass is 10.1. The highest BCUT2D eigenvalue weighted by Crippen LogP contribution is 2.14.